The van der Waals surface area contributed by atoms with Gasteiger partial charge in [-0.3, -0.25) is 4.79 Å². The first kappa shape index (κ1) is 20.0. The quantitative estimate of drug-likeness (QED) is 0.738. The number of benzene rings is 2. The summed E-state index contributed by atoms with van der Waals surface area (Å²) in [6.45, 7) is 6.42. The Morgan fingerprint density at radius 1 is 1.08 bits per heavy atom. The van der Waals surface area contributed by atoms with Crippen molar-refractivity contribution in [2.45, 2.75) is 39.7 Å². The maximum absolute atomic E-state index is 13.6. The molecule has 26 heavy (non-hydrogen) atoms. The number of amides is 1. The molecule has 0 radical (unpaired) electrons. The van der Waals surface area contributed by atoms with Gasteiger partial charge in [0.1, 0.15) is 23.4 Å². The number of quaternary nitrogens is 1. The van der Waals surface area contributed by atoms with Gasteiger partial charge < -0.3 is 10.6 Å². The number of halogens is 2. The lowest BCUT2D eigenvalue weighted by molar-refractivity contribution is -0.692. The lowest BCUT2D eigenvalue weighted by Crippen LogP contribution is -2.88. The molecule has 0 heterocycles. The third kappa shape index (κ3) is 5.36. The molecule has 2 rings (SSSR count). The zero-order chi connectivity index (χ0) is 19.1. The molecule has 1 amide bonds. The molecule has 5 heteroatoms. The van der Waals surface area contributed by atoms with E-state index in [1.807, 2.05) is 5.32 Å². The Hall–Kier alpha value is -2.27. The van der Waals surface area contributed by atoms with Gasteiger partial charge in [0.15, 0.2) is 6.54 Å². The number of anilines is 1. The number of nitrogens with one attached hydrogen (secondary N) is 1. The monoisotopic (exact) mass is 361 g/mol. The first-order valence-electron chi connectivity index (χ1n) is 9.08. The molecule has 2 aromatic carbocycles. The van der Waals surface area contributed by atoms with E-state index >= 15 is 0 Å². The van der Waals surface area contributed by atoms with Crippen molar-refractivity contribution < 1.29 is 18.9 Å². The maximum atomic E-state index is 13.6. The largest absolute Gasteiger partial charge is 0.332 e. The summed E-state index contributed by atoms with van der Waals surface area (Å²) >= 11 is 0. The predicted octanol–water partition coefficient (Wildman–Crippen LogP) is 3.82. The third-order valence-electron chi connectivity index (χ3n) is 4.41. The molecule has 1 atom stereocenters. The van der Waals surface area contributed by atoms with Crippen LogP contribution in [-0.2, 0) is 11.2 Å². The number of carbonyl (C=O) groups is 1. The highest BCUT2D eigenvalue weighted by Gasteiger charge is 2.21. The van der Waals surface area contributed by atoms with Crippen LogP contribution in [0, 0.1) is 17.6 Å². The van der Waals surface area contributed by atoms with Gasteiger partial charge in [-0.1, -0.05) is 57.5 Å². The predicted molar refractivity (Wildman–Crippen MR) is 99.8 cm³/mol. The van der Waals surface area contributed by atoms with Crippen LogP contribution in [0.15, 0.2) is 42.5 Å². The Balaban J connectivity index is 2.00. The second-order valence-corrected chi connectivity index (χ2v) is 6.85. The first-order valence-corrected chi connectivity index (χ1v) is 9.08. The van der Waals surface area contributed by atoms with Gasteiger partial charge in [-0.05, 0) is 24.1 Å². The summed E-state index contributed by atoms with van der Waals surface area (Å²) in [6, 6.07) is 12.1. The second-order valence-electron chi connectivity index (χ2n) is 6.85. The molecule has 0 saturated heterocycles. The standard InChI is InChI=1S/C21H26F2N2O/c1-4-6-15-9-11-16(12-10-15)20(14(2)3)24-13-19(26)25-21-17(22)7-5-8-18(21)23/h5,7-12,14,20,24H,4,6,13H2,1-3H3,(H,25,26)/p+1/t20-/m0/s1. The van der Waals surface area contributed by atoms with Gasteiger partial charge in [-0.15, -0.1) is 0 Å². The molecule has 0 aliphatic rings. The van der Waals surface area contributed by atoms with Crippen LogP contribution in [0.3, 0.4) is 0 Å². The minimum absolute atomic E-state index is 0.0906. The summed E-state index contributed by atoms with van der Waals surface area (Å²) in [6.07, 6.45) is 2.15. The van der Waals surface area contributed by atoms with Crippen LogP contribution in [0.4, 0.5) is 14.5 Å². The molecule has 0 aromatic heterocycles. The van der Waals surface area contributed by atoms with Crippen molar-refractivity contribution in [1.82, 2.24) is 0 Å². The van der Waals surface area contributed by atoms with E-state index in [2.05, 4.69) is 50.4 Å². The number of hydrogen-bond donors (Lipinski definition) is 2. The second kappa shape index (κ2) is 9.43. The van der Waals surface area contributed by atoms with Gasteiger partial charge in [0.25, 0.3) is 5.91 Å². The van der Waals surface area contributed by atoms with Gasteiger partial charge in [0.2, 0.25) is 0 Å². The van der Waals surface area contributed by atoms with E-state index in [-0.39, 0.29) is 12.6 Å². The Morgan fingerprint density at radius 3 is 2.23 bits per heavy atom. The lowest BCUT2D eigenvalue weighted by atomic mass is 9.94. The summed E-state index contributed by atoms with van der Waals surface area (Å²) in [4.78, 5) is 12.1. The fourth-order valence-corrected chi connectivity index (χ4v) is 3.03. The molecular formula is C21H27F2N2O+. The van der Waals surface area contributed by atoms with Crippen LogP contribution in [-0.4, -0.2) is 12.5 Å². The van der Waals surface area contributed by atoms with Crippen molar-refractivity contribution in [2.24, 2.45) is 5.92 Å². The molecule has 0 aliphatic heterocycles. The summed E-state index contributed by atoms with van der Waals surface area (Å²) in [5.41, 5.74) is 2.05. The minimum Gasteiger partial charge on any atom is -0.332 e. The van der Waals surface area contributed by atoms with Crippen LogP contribution >= 0.6 is 0 Å². The Bertz CT molecular complexity index is 709. The molecule has 0 spiro atoms. The summed E-state index contributed by atoms with van der Waals surface area (Å²) in [5.74, 6) is -1.66. The Kier molecular flexibility index (Phi) is 7.27. The summed E-state index contributed by atoms with van der Waals surface area (Å²) in [5, 5.41) is 4.24. The third-order valence-corrected chi connectivity index (χ3v) is 4.41. The van der Waals surface area contributed by atoms with Crippen molar-refractivity contribution in [1.29, 1.82) is 0 Å². The molecule has 0 aliphatic carbocycles. The van der Waals surface area contributed by atoms with Crippen LogP contribution in [0.25, 0.3) is 0 Å². The molecule has 0 saturated carbocycles. The molecular weight excluding hydrogens is 334 g/mol. The van der Waals surface area contributed by atoms with E-state index in [9.17, 15) is 13.6 Å². The number of hydrogen-bond acceptors (Lipinski definition) is 1. The summed E-state index contributed by atoms with van der Waals surface area (Å²) in [7, 11) is 0. The van der Waals surface area contributed by atoms with E-state index < -0.39 is 23.2 Å². The fourth-order valence-electron chi connectivity index (χ4n) is 3.03. The molecule has 2 aromatic rings. The zero-order valence-corrected chi connectivity index (χ0v) is 15.6. The van der Waals surface area contributed by atoms with E-state index in [4.69, 9.17) is 0 Å². The van der Waals surface area contributed by atoms with Crippen LogP contribution in [0.2, 0.25) is 0 Å². The van der Waals surface area contributed by atoms with Crippen LogP contribution in [0.1, 0.15) is 44.4 Å². The Labute approximate surface area is 153 Å². The molecule has 140 valence electrons. The molecule has 3 nitrogen and oxygen atoms in total. The lowest BCUT2D eigenvalue weighted by Gasteiger charge is -2.20. The summed E-state index contributed by atoms with van der Waals surface area (Å²) < 4.78 is 27.3. The topological polar surface area (TPSA) is 45.7 Å². The van der Waals surface area contributed by atoms with E-state index in [1.165, 1.54) is 11.6 Å². The normalized spacial score (nSPS) is 12.2. The van der Waals surface area contributed by atoms with Gasteiger partial charge in [-0.2, -0.15) is 0 Å². The van der Waals surface area contributed by atoms with Gasteiger partial charge >= 0.3 is 0 Å². The number of rotatable bonds is 8. The van der Waals surface area contributed by atoms with Gasteiger partial charge in [-0.25, -0.2) is 8.78 Å². The zero-order valence-electron chi connectivity index (χ0n) is 15.6. The highest BCUT2D eigenvalue weighted by molar-refractivity contribution is 5.91. The number of nitrogens with two attached hydrogens (primary N) is 1. The van der Waals surface area contributed by atoms with Crippen molar-refractivity contribution in [2.75, 3.05) is 11.9 Å². The van der Waals surface area contributed by atoms with Crippen molar-refractivity contribution >= 4 is 11.6 Å². The van der Waals surface area contributed by atoms with E-state index in [0.717, 1.165) is 30.5 Å². The van der Waals surface area contributed by atoms with Crippen molar-refractivity contribution in [3.8, 4) is 0 Å². The molecule has 0 fully saturated rings. The number of aryl methyl sites for hydroxylation is 1. The van der Waals surface area contributed by atoms with E-state index in [1.54, 1.807) is 0 Å². The van der Waals surface area contributed by atoms with Crippen molar-refractivity contribution in [3.05, 3.63) is 65.2 Å². The maximum Gasteiger partial charge on any atom is 0.279 e. The van der Waals surface area contributed by atoms with Crippen LogP contribution < -0.4 is 10.6 Å². The Morgan fingerprint density at radius 2 is 1.69 bits per heavy atom. The molecule has 0 unspecified atom stereocenters. The van der Waals surface area contributed by atoms with Crippen molar-refractivity contribution in [3.63, 3.8) is 0 Å². The fraction of sp³-hybridized carbons (Fsp3) is 0.381. The molecule has 3 N–H and O–H groups in total. The SMILES string of the molecule is CCCc1ccc([C@@H]([NH2+]CC(=O)Nc2c(F)cccc2F)C(C)C)cc1. The molecule has 0 bridgehead atoms. The number of carbonyl (C=O) groups excluding carboxylic acids is 1. The highest BCUT2D eigenvalue weighted by atomic mass is 19.1. The average Bonchev–Trinajstić information content (AvgIpc) is 2.60. The minimum atomic E-state index is -0.773. The van der Waals surface area contributed by atoms with Gasteiger partial charge in [0, 0.05) is 11.5 Å². The average molecular weight is 361 g/mol. The highest BCUT2D eigenvalue weighted by Crippen LogP contribution is 2.19. The van der Waals surface area contributed by atoms with E-state index in [0.29, 0.717) is 5.92 Å². The smallest absolute Gasteiger partial charge is 0.279 e. The number of para-hydroxylation sites is 1. The van der Waals surface area contributed by atoms with Crippen LogP contribution in [0.5, 0.6) is 0 Å². The first-order chi connectivity index (χ1) is 12.4. The van der Waals surface area contributed by atoms with Gasteiger partial charge in [0.05, 0.1) is 0 Å².